The summed E-state index contributed by atoms with van der Waals surface area (Å²) in [5.41, 5.74) is 0.599. The van der Waals surface area contributed by atoms with E-state index in [1.807, 2.05) is 6.92 Å². The van der Waals surface area contributed by atoms with Crippen molar-refractivity contribution in [1.29, 1.82) is 0 Å². The van der Waals surface area contributed by atoms with E-state index in [1.165, 1.54) is 4.90 Å². The standard InChI is InChI=1S/C19H26N2O5/c1-3-21(18(23)13-6-4-7-14(10-13)19(24)25)12-17(22)20-15-8-5-9-16(11-15)26-2/h5,8-9,11,13-14H,3-4,6-7,10,12H2,1-2H3,(H,20,22)(H,24,25). The van der Waals surface area contributed by atoms with Gasteiger partial charge >= 0.3 is 5.97 Å². The highest BCUT2D eigenvalue weighted by Crippen LogP contribution is 2.30. The van der Waals surface area contributed by atoms with E-state index in [2.05, 4.69) is 5.32 Å². The number of methoxy groups -OCH3 is 1. The van der Waals surface area contributed by atoms with Crippen LogP contribution in [-0.4, -0.2) is 48.0 Å². The molecule has 1 aromatic carbocycles. The van der Waals surface area contributed by atoms with Crippen molar-refractivity contribution in [1.82, 2.24) is 4.90 Å². The summed E-state index contributed by atoms with van der Waals surface area (Å²) in [7, 11) is 1.55. The number of carbonyl (C=O) groups is 3. The van der Waals surface area contributed by atoms with Crippen molar-refractivity contribution in [3.05, 3.63) is 24.3 Å². The van der Waals surface area contributed by atoms with Gasteiger partial charge in [-0.2, -0.15) is 0 Å². The maximum absolute atomic E-state index is 12.7. The third kappa shape index (κ3) is 5.21. The highest BCUT2D eigenvalue weighted by Gasteiger charge is 2.33. The molecular formula is C19H26N2O5. The molecule has 26 heavy (non-hydrogen) atoms. The van der Waals surface area contributed by atoms with E-state index in [0.29, 0.717) is 37.2 Å². The Bertz CT molecular complexity index is 661. The van der Waals surface area contributed by atoms with E-state index in [9.17, 15) is 19.5 Å². The van der Waals surface area contributed by atoms with Gasteiger partial charge in [-0.15, -0.1) is 0 Å². The predicted molar refractivity (Wildman–Crippen MR) is 97.0 cm³/mol. The number of ether oxygens (including phenoxy) is 1. The summed E-state index contributed by atoms with van der Waals surface area (Å²) in [4.78, 5) is 37.7. The average Bonchev–Trinajstić information content (AvgIpc) is 2.65. The number of amides is 2. The molecule has 0 heterocycles. The van der Waals surface area contributed by atoms with Crippen LogP contribution < -0.4 is 10.1 Å². The first-order valence-corrected chi connectivity index (χ1v) is 8.90. The molecule has 0 aromatic heterocycles. The van der Waals surface area contributed by atoms with Crippen LogP contribution >= 0.6 is 0 Å². The Balaban J connectivity index is 1.95. The number of nitrogens with one attached hydrogen (secondary N) is 1. The molecule has 1 saturated carbocycles. The Morgan fingerprint density at radius 3 is 2.65 bits per heavy atom. The number of benzene rings is 1. The van der Waals surface area contributed by atoms with Crippen LogP contribution in [0, 0.1) is 11.8 Å². The zero-order valence-corrected chi connectivity index (χ0v) is 15.2. The molecule has 2 rings (SSSR count). The quantitative estimate of drug-likeness (QED) is 0.776. The lowest BCUT2D eigenvalue weighted by atomic mass is 9.80. The average molecular weight is 362 g/mol. The molecule has 2 amide bonds. The lowest BCUT2D eigenvalue weighted by molar-refractivity contribution is -0.146. The largest absolute Gasteiger partial charge is 0.497 e. The molecule has 0 saturated heterocycles. The van der Waals surface area contributed by atoms with E-state index >= 15 is 0 Å². The molecule has 1 aliphatic carbocycles. The fourth-order valence-corrected chi connectivity index (χ4v) is 3.32. The molecule has 7 nitrogen and oxygen atoms in total. The Labute approximate surface area is 153 Å². The summed E-state index contributed by atoms with van der Waals surface area (Å²) in [6.07, 6.45) is 2.36. The molecule has 1 fully saturated rings. The first-order chi connectivity index (χ1) is 12.4. The summed E-state index contributed by atoms with van der Waals surface area (Å²) in [5.74, 6) is -1.44. The van der Waals surface area contributed by atoms with Gasteiger partial charge in [0.2, 0.25) is 11.8 Å². The van der Waals surface area contributed by atoms with Gasteiger partial charge in [0.05, 0.1) is 19.6 Å². The molecule has 0 spiro atoms. The molecule has 0 radical (unpaired) electrons. The number of hydrogen-bond donors (Lipinski definition) is 2. The molecule has 2 atom stereocenters. The van der Waals surface area contributed by atoms with Crippen LogP contribution in [0.4, 0.5) is 5.69 Å². The Kier molecular flexibility index (Phi) is 7.00. The van der Waals surface area contributed by atoms with Crippen molar-refractivity contribution in [2.24, 2.45) is 11.8 Å². The van der Waals surface area contributed by atoms with Gasteiger partial charge in [0.25, 0.3) is 0 Å². The van der Waals surface area contributed by atoms with Crippen LogP contribution in [0.3, 0.4) is 0 Å². The highest BCUT2D eigenvalue weighted by atomic mass is 16.5. The van der Waals surface area contributed by atoms with E-state index < -0.39 is 11.9 Å². The highest BCUT2D eigenvalue weighted by molar-refractivity contribution is 5.95. The molecule has 142 valence electrons. The molecule has 2 unspecified atom stereocenters. The van der Waals surface area contributed by atoms with Crippen molar-refractivity contribution in [3.8, 4) is 5.75 Å². The van der Waals surface area contributed by atoms with Crippen molar-refractivity contribution in [2.75, 3.05) is 25.5 Å². The second-order valence-corrected chi connectivity index (χ2v) is 6.53. The molecule has 0 bridgehead atoms. The Morgan fingerprint density at radius 1 is 1.27 bits per heavy atom. The first-order valence-electron chi connectivity index (χ1n) is 8.90. The number of anilines is 1. The number of carboxylic acids is 1. The van der Waals surface area contributed by atoms with Gasteiger partial charge in [0.15, 0.2) is 0 Å². The Hall–Kier alpha value is -2.57. The van der Waals surface area contributed by atoms with Crippen molar-refractivity contribution < 1.29 is 24.2 Å². The van der Waals surface area contributed by atoms with Crippen LogP contribution in [-0.2, 0) is 14.4 Å². The number of carboxylic acid groups (broad SMARTS) is 1. The number of nitrogens with zero attached hydrogens (tertiary/aromatic N) is 1. The first kappa shape index (κ1) is 19.8. The predicted octanol–water partition coefficient (Wildman–Crippen LogP) is 2.37. The normalized spacial score (nSPS) is 19.5. The molecule has 7 heteroatoms. The van der Waals surface area contributed by atoms with Gasteiger partial charge in [-0.05, 0) is 38.3 Å². The minimum atomic E-state index is -0.846. The molecular weight excluding hydrogens is 336 g/mol. The van der Waals surface area contributed by atoms with Crippen LogP contribution in [0.1, 0.15) is 32.6 Å². The third-order valence-corrected chi connectivity index (χ3v) is 4.75. The van der Waals surface area contributed by atoms with Crippen molar-refractivity contribution in [2.45, 2.75) is 32.6 Å². The van der Waals surface area contributed by atoms with E-state index in [0.717, 1.165) is 6.42 Å². The number of aliphatic carboxylic acids is 1. The lowest BCUT2D eigenvalue weighted by Crippen LogP contribution is -2.43. The zero-order chi connectivity index (χ0) is 19.1. The van der Waals surface area contributed by atoms with Gasteiger partial charge in [0, 0.05) is 24.2 Å². The zero-order valence-electron chi connectivity index (χ0n) is 15.2. The summed E-state index contributed by atoms with van der Waals surface area (Å²) < 4.78 is 5.12. The summed E-state index contributed by atoms with van der Waals surface area (Å²) in [6, 6.07) is 7.00. The minimum Gasteiger partial charge on any atom is -0.497 e. The second kappa shape index (κ2) is 9.22. The number of likely N-dealkylation sites (N-methyl/N-ethyl adjacent to an activating group) is 1. The number of rotatable bonds is 7. The fourth-order valence-electron chi connectivity index (χ4n) is 3.32. The SMILES string of the molecule is CCN(CC(=O)Nc1cccc(OC)c1)C(=O)C1CCCC(C(=O)O)C1. The number of carbonyl (C=O) groups excluding carboxylic acids is 2. The van der Waals surface area contributed by atoms with E-state index in [4.69, 9.17) is 4.74 Å². The molecule has 2 N–H and O–H groups in total. The molecule has 1 aliphatic rings. The third-order valence-electron chi connectivity index (χ3n) is 4.75. The minimum absolute atomic E-state index is 0.0548. The van der Waals surface area contributed by atoms with Crippen molar-refractivity contribution in [3.63, 3.8) is 0 Å². The van der Waals surface area contributed by atoms with Gasteiger partial charge < -0.3 is 20.1 Å². The summed E-state index contributed by atoms with van der Waals surface area (Å²) in [5, 5.41) is 11.9. The van der Waals surface area contributed by atoms with Crippen LogP contribution in [0.2, 0.25) is 0 Å². The molecule has 1 aromatic rings. The van der Waals surface area contributed by atoms with E-state index in [1.54, 1.807) is 31.4 Å². The van der Waals surface area contributed by atoms with Gasteiger partial charge in [0.1, 0.15) is 5.75 Å². The maximum Gasteiger partial charge on any atom is 0.306 e. The maximum atomic E-state index is 12.7. The molecule has 0 aliphatic heterocycles. The van der Waals surface area contributed by atoms with Crippen LogP contribution in [0.25, 0.3) is 0 Å². The van der Waals surface area contributed by atoms with E-state index in [-0.39, 0.29) is 24.3 Å². The topological polar surface area (TPSA) is 95.9 Å². The van der Waals surface area contributed by atoms with Crippen molar-refractivity contribution >= 4 is 23.5 Å². The summed E-state index contributed by atoms with van der Waals surface area (Å²) >= 11 is 0. The van der Waals surface area contributed by atoms with Crippen LogP contribution in [0.5, 0.6) is 5.75 Å². The monoisotopic (exact) mass is 362 g/mol. The van der Waals surface area contributed by atoms with Gasteiger partial charge in [-0.1, -0.05) is 12.5 Å². The number of hydrogen-bond acceptors (Lipinski definition) is 4. The fraction of sp³-hybridized carbons (Fsp3) is 0.526. The Morgan fingerprint density at radius 2 is 2.00 bits per heavy atom. The van der Waals surface area contributed by atoms with Gasteiger partial charge in [-0.3, -0.25) is 14.4 Å². The lowest BCUT2D eigenvalue weighted by Gasteiger charge is -2.30. The second-order valence-electron chi connectivity index (χ2n) is 6.53. The smallest absolute Gasteiger partial charge is 0.306 e. The van der Waals surface area contributed by atoms with Gasteiger partial charge in [-0.25, -0.2) is 0 Å². The van der Waals surface area contributed by atoms with Crippen LogP contribution in [0.15, 0.2) is 24.3 Å². The summed E-state index contributed by atoms with van der Waals surface area (Å²) in [6.45, 7) is 2.16.